The number of carbonyl (C=O) groups excluding carboxylic acids is 2. The van der Waals surface area contributed by atoms with Gasteiger partial charge in [0.05, 0.1) is 38.6 Å². The molecule has 1 saturated heterocycles. The van der Waals surface area contributed by atoms with Crippen LogP contribution in [0.3, 0.4) is 0 Å². The number of nitrogens with one attached hydrogen (secondary N) is 2. The number of aliphatic hydroxyl groups is 3. The van der Waals surface area contributed by atoms with E-state index < -0.39 is 67.4 Å². The molecule has 1 heterocycles. The summed E-state index contributed by atoms with van der Waals surface area (Å²) in [4.78, 5) is 35.9. The Balaban J connectivity index is 2.68. The SMILES string of the molecule is COCCOCCOC(=O)NCC(=O)N[C@@H]1CC[C@](OC(C)C)(C(=O)O)OC1[C@H](O)[C@H](O)CO. The van der Waals surface area contributed by atoms with Crippen LogP contribution in [0.5, 0.6) is 0 Å². The minimum absolute atomic E-state index is 0.00783. The molecule has 1 rings (SSSR count). The van der Waals surface area contributed by atoms with Gasteiger partial charge in [-0.15, -0.1) is 0 Å². The molecule has 2 amide bonds. The zero-order valence-electron chi connectivity index (χ0n) is 19.6. The zero-order valence-corrected chi connectivity index (χ0v) is 19.6. The van der Waals surface area contributed by atoms with Crippen LogP contribution in [0.15, 0.2) is 0 Å². The van der Waals surface area contributed by atoms with E-state index in [1.807, 2.05) is 0 Å². The van der Waals surface area contributed by atoms with Crippen LogP contribution in [0.25, 0.3) is 0 Å². The topological polar surface area (TPSA) is 202 Å². The van der Waals surface area contributed by atoms with Crippen molar-refractivity contribution in [2.75, 3.05) is 46.7 Å². The number of ether oxygens (including phenoxy) is 5. The average Bonchev–Trinajstić information content (AvgIpc) is 2.79. The monoisotopic (exact) mass is 496 g/mol. The van der Waals surface area contributed by atoms with Gasteiger partial charge in [-0.3, -0.25) is 4.79 Å². The summed E-state index contributed by atoms with van der Waals surface area (Å²) in [5.41, 5.74) is 0. The standard InChI is InChI=1S/C20H36N2O12/c1-12(2)33-20(18(27)28)5-4-13(17(34-20)16(26)14(24)11-23)22-15(25)10-21-19(29)32-9-8-31-7-6-30-3/h12-14,16-17,23-24,26H,4-11H2,1-3H3,(H,21,29)(H,22,25)(H,27,28)/t13-,14-,16-,17?,20-/m1/s1. The Hall–Kier alpha value is -2.07. The summed E-state index contributed by atoms with van der Waals surface area (Å²) < 4.78 is 25.8. The lowest BCUT2D eigenvalue weighted by molar-refractivity contribution is -0.306. The van der Waals surface area contributed by atoms with Gasteiger partial charge in [-0.1, -0.05) is 0 Å². The molecule has 14 nitrogen and oxygen atoms in total. The van der Waals surface area contributed by atoms with Gasteiger partial charge < -0.3 is 54.7 Å². The summed E-state index contributed by atoms with van der Waals surface area (Å²) in [5, 5.41) is 43.9. The Morgan fingerprint density at radius 1 is 1.15 bits per heavy atom. The van der Waals surface area contributed by atoms with E-state index in [1.54, 1.807) is 13.8 Å². The molecule has 1 unspecified atom stereocenters. The number of methoxy groups -OCH3 is 1. The van der Waals surface area contributed by atoms with Gasteiger partial charge in [0, 0.05) is 13.5 Å². The predicted molar refractivity (Wildman–Crippen MR) is 114 cm³/mol. The third-order valence-corrected chi connectivity index (χ3v) is 4.81. The highest BCUT2D eigenvalue weighted by molar-refractivity contribution is 5.82. The fourth-order valence-electron chi connectivity index (χ4n) is 3.23. The maximum absolute atomic E-state index is 12.3. The molecule has 0 saturated carbocycles. The number of carboxylic acids is 1. The van der Waals surface area contributed by atoms with Crippen LogP contribution in [-0.2, 0) is 33.3 Å². The molecule has 0 spiro atoms. The van der Waals surface area contributed by atoms with Crippen LogP contribution in [0.2, 0.25) is 0 Å². The van der Waals surface area contributed by atoms with Crippen molar-refractivity contribution in [1.29, 1.82) is 0 Å². The van der Waals surface area contributed by atoms with Gasteiger partial charge in [0.2, 0.25) is 5.91 Å². The van der Waals surface area contributed by atoms with Crippen LogP contribution in [0.4, 0.5) is 4.79 Å². The van der Waals surface area contributed by atoms with E-state index in [9.17, 15) is 34.8 Å². The van der Waals surface area contributed by atoms with E-state index in [0.717, 1.165) is 0 Å². The van der Waals surface area contributed by atoms with Crippen LogP contribution in [0.1, 0.15) is 26.7 Å². The average molecular weight is 497 g/mol. The fraction of sp³-hybridized carbons (Fsp3) is 0.850. The molecule has 0 aromatic rings. The lowest BCUT2D eigenvalue weighted by atomic mass is 9.90. The maximum atomic E-state index is 12.3. The number of rotatable bonds is 15. The Morgan fingerprint density at radius 2 is 1.82 bits per heavy atom. The number of amides is 2. The lowest BCUT2D eigenvalue weighted by Crippen LogP contribution is -2.63. The molecule has 0 aliphatic carbocycles. The smallest absolute Gasteiger partial charge is 0.407 e. The van der Waals surface area contributed by atoms with E-state index in [1.165, 1.54) is 7.11 Å². The highest BCUT2D eigenvalue weighted by Crippen LogP contribution is 2.34. The molecule has 1 fully saturated rings. The molecule has 198 valence electrons. The third kappa shape index (κ3) is 9.66. The first-order valence-electron chi connectivity index (χ1n) is 10.9. The van der Waals surface area contributed by atoms with Crippen LogP contribution >= 0.6 is 0 Å². The van der Waals surface area contributed by atoms with Gasteiger partial charge in [-0.2, -0.15) is 0 Å². The third-order valence-electron chi connectivity index (χ3n) is 4.81. The largest absolute Gasteiger partial charge is 0.477 e. The predicted octanol–water partition coefficient (Wildman–Crippen LogP) is -2.04. The Morgan fingerprint density at radius 3 is 2.41 bits per heavy atom. The first kappa shape index (κ1) is 30.0. The highest BCUT2D eigenvalue weighted by Gasteiger charge is 2.52. The number of hydrogen-bond acceptors (Lipinski definition) is 11. The van der Waals surface area contributed by atoms with Crippen LogP contribution in [0, 0.1) is 0 Å². The second kappa shape index (κ2) is 15.0. The minimum Gasteiger partial charge on any atom is -0.477 e. The van der Waals surface area contributed by atoms with Gasteiger partial charge in [0.25, 0.3) is 5.79 Å². The van der Waals surface area contributed by atoms with E-state index in [0.29, 0.717) is 13.2 Å². The summed E-state index contributed by atoms with van der Waals surface area (Å²) in [6, 6.07) is -0.945. The quantitative estimate of drug-likeness (QED) is 0.136. The van der Waals surface area contributed by atoms with Crippen LogP contribution in [-0.4, -0.2) is 121 Å². The summed E-state index contributed by atoms with van der Waals surface area (Å²) in [7, 11) is 1.53. The van der Waals surface area contributed by atoms with Gasteiger partial charge in [-0.25, -0.2) is 9.59 Å². The Labute approximate surface area is 197 Å². The number of carbonyl (C=O) groups is 3. The summed E-state index contributed by atoms with van der Waals surface area (Å²) in [6.07, 6.45) is -6.37. The number of alkyl carbamates (subject to hydrolysis) is 1. The number of aliphatic carboxylic acids is 1. The van der Waals surface area contributed by atoms with Crippen molar-refractivity contribution in [3.8, 4) is 0 Å². The molecule has 0 aromatic carbocycles. The molecule has 1 aliphatic rings. The van der Waals surface area contributed by atoms with Crippen molar-refractivity contribution >= 4 is 18.0 Å². The molecule has 1 aliphatic heterocycles. The fourth-order valence-corrected chi connectivity index (χ4v) is 3.23. The molecular weight excluding hydrogens is 460 g/mol. The molecule has 0 aromatic heterocycles. The second-order valence-electron chi connectivity index (χ2n) is 7.85. The number of aliphatic hydroxyl groups excluding tert-OH is 3. The second-order valence-corrected chi connectivity index (χ2v) is 7.85. The first-order chi connectivity index (χ1) is 16.1. The van der Waals surface area contributed by atoms with Crippen molar-refractivity contribution in [2.45, 2.75) is 62.9 Å². The highest BCUT2D eigenvalue weighted by atomic mass is 16.7. The molecule has 5 atom stereocenters. The molecule has 0 radical (unpaired) electrons. The molecular formula is C20H36N2O12. The zero-order chi connectivity index (χ0) is 25.7. The lowest BCUT2D eigenvalue weighted by Gasteiger charge is -2.44. The molecule has 0 bridgehead atoms. The Kier molecular flexibility index (Phi) is 13.2. The summed E-state index contributed by atoms with van der Waals surface area (Å²) in [5.74, 6) is -4.22. The maximum Gasteiger partial charge on any atom is 0.407 e. The van der Waals surface area contributed by atoms with Crippen molar-refractivity contribution in [3.63, 3.8) is 0 Å². The first-order valence-corrected chi connectivity index (χ1v) is 10.9. The van der Waals surface area contributed by atoms with E-state index in [4.69, 9.17) is 23.7 Å². The van der Waals surface area contributed by atoms with E-state index in [-0.39, 0.29) is 26.1 Å². The van der Waals surface area contributed by atoms with Gasteiger partial charge in [0.1, 0.15) is 31.5 Å². The molecule has 34 heavy (non-hydrogen) atoms. The Bertz CT molecular complexity index is 649. The normalized spacial score (nSPS) is 24.3. The number of hydrogen-bond donors (Lipinski definition) is 6. The van der Waals surface area contributed by atoms with E-state index in [2.05, 4.69) is 10.6 Å². The van der Waals surface area contributed by atoms with Crippen molar-refractivity contribution < 1.29 is 58.5 Å². The van der Waals surface area contributed by atoms with Crippen molar-refractivity contribution in [3.05, 3.63) is 0 Å². The summed E-state index contributed by atoms with van der Waals surface area (Å²) in [6.45, 7) is 2.77. The van der Waals surface area contributed by atoms with Gasteiger partial charge >= 0.3 is 12.1 Å². The van der Waals surface area contributed by atoms with Gasteiger partial charge in [-0.05, 0) is 20.3 Å². The molecule has 14 heteroatoms. The van der Waals surface area contributed by atoms with Crippen molar-refractivity contribution in [2.24, 2.45) is 0 Å². The van der Waals surface area contributed by atoms with Crippen molar-refractivity contribution in [1.82, 2.24) is 10.6 Å². The summed E-state index contributed by atoms with van der Waals surface area (Å²) >= 11 is 0. The van der Waals surface area contributed by atoms with Crippen LogP contribution < -0.4 is 10.6 Å². The van der Waals surface area contributed by atoms with E-state index >= 15 is 0 Å². The molecule has 6 N–H and O–H groups in total. The minimum atomic E-state index is -2.11. The number of carboxylic acid groups (broad SMARTS) is 1. The van der Waals surface area contributed by atoms with Gasteiger partial charge in [0.15, 0.2) is 0 Å².